The second-order valence-electron chi connectivity index (χ2n) is 9.67. The molecule has 174 valence electrons. The average molecular weight is 451 g/mol. The van der Waals surface area contributed by atoms with Gasteiger partial charge in [-0.15, -0.1) is 0 Å². The highest BCUT2D eigenvalue weighted by atomic mass is 32.1. The molecule has 1 aromatic carbocycles. The number of carbonyl (C=O) groups is 2. The standard InChI is InChI=1S/C23H36N4O3.H2S/c1-23(2,3)30-22(29)26-17-13-16(14-17)25-20-11-10-15(12-19(20)24)21(28)27(4)18-8-6-5-7-9-18;/h10-12,16-18,25H,5-9,13-14,24H2,1-4H3,(H,26,29);1H2. The van der Waals surface area contributed by atoms with E-state index in [1.165, 1.54) is 19.3 Å². The molecule has 8 heteroatoms. The van der Waals surface area contributed by atoms with Crippen LogP contribution in [-0.2, 0) is 4.74 Å². The Labute approximate surface area is 192 Å². The molecule has 1 aromatic rings. The van der Waals surface area contributed by atoms with Crippen LogP contribution in [0.15, 0.2) is 18.2 Å². The number of nitrogens with zero attached hydrogens (tertiary/aromatic N) is 1. The first kappa shape index (κ1) is 25.2. The number of anilines is 2. The molecule has 0 saturated heterocycles. The fourth-order valence-electron chi connectivity index (χ4n) is 4.21. The second-order valence-corrected chi connectivity index (χ2v) is 9.67. The van der Waals surface area contributed by atoms with Crippen molar-refractivity contribution in [1.82, 2.24) is 10.2 Å². The summed E-state index contributed by atoms with van der Waals surface area (Å²) in [6.45, 7) is 5.55. The number of nitrogens with two attached hydrogens (primary N) is 1. The van der Waals surface area contributed by atoms with Crippen LogP contribution >= 0.6 is 13.5 Å². The molecular weight excluding hydrogens is 412 g/mol. The molecule has 0 radical (unpaired) electrons. The zero-order valence-corrected chi connectivity index (χ0v) is 20.2. The van der Waals surface area contributed by atoms with Gasteiger partial charge in [0.05, 0.1) is 11.4 Å². The molecule has 7 nitrogen and oxygen atoms in total. The average Bonchev–Trinajstić information content (AvgIpc) is 2.65. The van der Waals surface area contributed by atoms with Crippen molar-refractivity contribution in [3.63, 3.8) is 0 Å². The molecule has 0 heterocycles. The predicted molar refractivity (Wildman–Crippen MR) is 130 cm³/mol. The number of hydrogen-bond donors (Lipinski definition) is 3. The summed E-state index contributed by atoms with van der Waals surface area (Å²) in [5, 5.41) is 6.30. The van der Waals surface area contributed by atoms with Crippen molar-refractivity contribution >= 4 is 36.9 Å². The van der Waals surface area contributed by atoms with Crippen LogP contribution in [0, 0.1) is 0 Å². The number of rotatable bonds is 5. The van der Waals surface area contributed by atoms with Crippen LogP contribution in [0.2, 0.25) is 0 Å². The quantitative estimate of drug-likeness (QED) is 0.583. The lowest BCUT2D eigenvalue weighted by molar-refractivity contribution is 0.0475. The molecule has 0 unspecified atom stereocenters. The maximum Gasteiger partial charge on any atom is 0.407 e. The Hall–Kier alpha value is -2.09. The smallest absolute Gasteiger partial charge is 0.407 e. The molecule has 0 spiro atoms. The van der Waals surface area contributed by atoms with E-state index >= 15 is 0 Å². The number of alkyl carbamates (subject to hydrolysis) is 1. The van der Waals surface area contributed by atoms with E-state index in [2.05, 4.69) is 10.6 Å². The van der Waals surface area contributed by atoms with E-state index in [1.54, 1.807) is 6.07 Å². The van der Waals surface area contributed by atoms with Crippen LogP contribution in [-0.4, -0.2) is 47.7 Å². The highest BCUT2D eigenvalue weighted by molar-refractivity contribution is 7.59. The molecule has 0 atom stereocenters. The Bertz CT molecular complexity index is 769. The first-order chi connectivity index (χ1) is 14.1. The molecule has 2 amide bonds. The summed E-state index contributed by atoms with van der Waals surface area (Å²) in [6, 6.07) is 6.15. The molecular formula is C23H38N4O3S. The van der Waals surface area contributed by atoms with Gasteiger partial charge >= 0.3 is 6.09 Å². The van der Waals surface area contributed by atoms with E-state index in [9.17, 15) is 9.59 Å². The van der Waals surface area contributed by atoms with E-state index in [0.717, 1.165) is 31.4 Å². The molecule has 31 heavy (non-hydrogen) atoms. The first-order valence-corrected chi connectivity index (χ1v) is 11.0. The largest absolute Gasteiger partial charge is 0.444 e. The Morgan fingerprint density at radius 1 is 1.10 bits per heavy atom. The Morgan fingerprint density at radius 2 is 1.74 bits per heavy atom. The van der Waals surface area contributed by atoms with Gasteiger partial charge in [-0.1, -0.05) is 19.3 Å². The summed E-state index contributed by atoms with van der Waals surface area (Å²) in [7, 11) is 1.90. The van der Waals surface area contributed by atoms with E-state index < -0.39 is 5.60 Å². The minimum atomic E-state index is -0.496. The normalized spacial score (nSPS) is 21.3. The highest BCUT2D eigenvalue weighted by Crippen LogP contribution is 2.29. The SMILES string of the molecule is CN(C(=O)c1ccc(NC2CC(NC(=O)OC(C)(C)C)C2)c(N)c1)C1CCCCC1.S. The van der Waals surface area contributed by atoms with Crippen molar-refractivity contribution in [1.29, 1.82) is 0 Å². The zero-order valence-electron chi connectivity index (χ0n) is 19.2. The van der Waals surface area contributed by atoms with Gasteiger partial charge in [0.25, 0.3) is 5.91 Å². The topological polar surface area (TPSA) is 96.7 Å². The van der Waals surface area contributed by atoms with Crippen molar-refractivity contribution in [2.45, 2.75) is 89.4 Å². The summed E-state index contributed by atoms with van der Waals surface area (Å²) in [6.07, 6.45) is 7.05. The third-order valence-corrected chi connectivity index (χ3v) is 5.96. The van der Waals surface area contributed by atoms with Crippen LogP contribution in [0.5, 0.6) is 0 Å². The summed E-state index contributed by atoms with van der Waals surface area (Å²) in [5.41, 5.74) is 7.76. The van der Waals surface area contributed by atoms with Gasteiger partial charge in [-0.3, -0.25) is 4.79 Å². The molecule has 2 saturated carbocycles. The van der Waals surface area contributed by atoms with Gasteiger partial charge in [-0.2, -0.15) is 13.5 Å². The predicted octanol–water partition coefficient (Wildman–Crippen LogP) is 4.25. The summed E-state index contributed by atoms with van der Waals surface area (Å²) in [4.78, 5) is 26.6. The number of amides is 2. The zero-order chi connectivity index (χ0) is 21.9. The van der Waals surface area contributed by atoms with Gasteiger partial charge in [-0.25, -0.2) is 4.79 Å². The van der Waals surface area contributed by atoms with Crippen LogP contribution < -0.4 is 16.4 Å². The third-order valence-electron chi connectivity index (χ3n) is 5.96. The van der Waals surface area contributed by atoms with E-state index in [-0.39, 0.29) is 37.6 Å². The van der Waals surface area contributed by atoms with Crippen molar-refractivity contribution in [2.75, 3.05) is 18.1 Å². The van der Waals surface area contributed by atoms with Crippen LogP contribution in [0.25, 0.3) is 0 Å². The van der Waals surface area contributed by atoms with Crippen LogP contribution in [0.3, 0.4) is 0 Å². The lowest BCUT2D eigenvalue weighted by Crippen LogP contribution is -2.50. The van der Waals surface area contributed by atoms with E-state index in [0.29, 0.717) is 17.3 Å². The van der Waals surface area contributed by atoms with Crippen LogP contribution in [0.4, 0.5) is 16.2 Å². The first-order valence-electron chi connectivity index (χ1n) is 11.0. The Balaban J connectivity index is 0.00000341. The Kier molecular flexibility index (Phi) is 8.51. The van der Waals surface area contributed by atoms with Gasteiger partial charge in [0.15, 0.2) is 0 Å². The fourth-order valence-corrected chi connectivity index (χ4v) is 4.21. The number of nitrogens with one attached hydrogen (secondary N) is 2. The third kappa shape index (κ3) is 6.95. The molecule has 0 aromatic heterocycles. The lowest BCUT2D eigenvalue weighted by Gasteiger charge is -2.37. The number of hydrogen-bond acceptors (Lipinski definition) is 5. The maximum atomic E-state index is 12.8. The number of benzene rings is 1. The van der Waals surface area contributed by atoms with Crippen LogP contribution in [0.1, 0.15) is 76.1 Å². The number of ether oxygens (including phenoxy) is 1. The van der Waals surface area contributed by atoms with E-state index in [1.807, 2.05) is 44.9 Å². The fraction of sp³-hybridized carbons (Fsp3) is 0.652. The van der Waals surface area contributed by atoms with Crippen molar-refractivity contribution in [3.05, 3.63) is 23.8 Å². The second kappa shape index (κ2) is 10.5. The molecule has 2 aliphatic carbocycles. The number of carbonyl (C=O) groups excluding carboxylic acids is 2. The van der Waals surface area contributed by atoms with E-state index in [4.69, 9.17) is 10.5 Å². The minimum Gasteiger partial charge on any atom is -0.444 e. The monoisotopic (exact) mass is 450 g/mol. The molecule has 2 fully saturated rings. The molecule has 3 rings (SSSR count). The van der Waals surface area contributed by atoms with Gasteiger partial charge < -0.3 is 26.0 Å². The summed E-state index contributed by atoms with van der Waals surface area (Å²) < 4.78 is 5.29. The maximum absolute atomic E-state index is 12.8. The highest BCUT2D eigenvalue weighted by Gasteiger charge is 2.32. The van der Waals surface area contributed by atoms with Crippen molar-refractivity contribution < 1.29 is 14.3 Å². The van der Waals surface area contributed by atoms with Gasteiger partial charge in [-0.05, 0) is 64.7 Å². The lowest BCUT2D eigenvalue weighted by atomic mass is 9.86. The van der Waals surface area contributed by atoms with Gasteiger partial charge in [0.1, 0.15) is 5.60 Å². The van der Waals surface area contributed by atoms with Crippen molar-refractivity contribution in [2.24, 2.45) is 0 Å². The molecule has 0 bridgehead atoms. The molecule has 0 aliphatic heterocycles. The Morgan fingerprint density at radius 3 is 2.32 bits per heavy atom. The van der Waals surface area contributed by atoms with Crippen molar-refractivity contribution in [3.8, 4) is 0 Å². The van der Waals surface area contributed by atoms with Gasteiger partial charge in [0.2, 0.25) is 0 Å². The number of nitrogen functional groups attached to an aromatic ring is 1. The molecule has 2 aliphatic rings. The minimum absolute atomic E-state index is 0. The van der Waals surface area contributed by atoms with Gasteiger partial charge in [0, 0.05) is 30.7 Å². The summed E-state index contributed by atoms with van der Waals surface area (Å²) >= 11 is 0. The molecule has 4 N–H and O–H groups in total. The summed E-state index contributed by atoms with van der Waals surface area (Å²) in [5.74, 6) is 0.0328.